The van der Waals surface area contributed by atoms with E-state index in [1.165, 1.54) is 12.5 Å². The number of nitrogens with zero attached hydrogens (tertiary/aromatic N) is 3. The van der Waals surface area contributed by atoms with Gasteiger partial charge < -0.3 is 29.5 Å². The molecule has 2 aromatic carbocycles. The van der Waals surface area contributed by atoms with Crippen LogP contribution in [0.3, 0.4) is 0 Å². The Morgan fingerprint density at radius 1 is 1.12 bits per heavy atom. The fourth-order valence-corrected chi connectivity index (χ4v) is 5.99. The van der Waals surface area contributed by atoms with E-state index in [2.05, 4.69) is 20.6 Å². The summed E-state index contributed by atoms with van der Waals surface area (Å²) in [6.07, 6.45) is 7.60. The molecule has 2 aliphatic rings. The lowest BCUT2D eigenvalue weighted by Crippen LogP contribution is -2.52. The maximum absolute atomic E-state index is 13.9. The van der Waals surface area contributed by atoms with Crippen molar-refractivity contribution in [2.45, 2.75) is 63.3 Å². The number of oxazole rings is 2. The summed E-state index contributed by atoms with van der Waals surface area (Å²) in [6, 6.07) is 13.8. The van der Waals surface area contributed by atoms with Crippen molar-refractivity contribution >= 4 is 11.8 Å². The predicted octanol–water partition coefficient (Wildman–Crippen LogP) is 4.07. The summed E-state index contributed by atoms with van der Waals surface area (Å²) >= 11 is 0. The van der Waals surface area contributed by atoms with Gasteiger partial charge in [-0.1, -0.05) is 30.3 Å². The lowest BCUT2D eigenvalue weighted by atomic mass is 9.95. The fourth-order valence-electron chi connectivity index (χ4n) is 5.99. The van der Waals surface area contributed by atoms with Gasteiger partial charge in [0.25, 0.3) is 11.8 Å². The molecule has 2 saturated heterocycles. The highest BCUT2D eigenvalue weighted by atomic mass is 16.3. The molecule has 218 valence electrons. The average molecular weight is 570 g/mol. The number of aryl methyl sites for hydroxylation is 1. The van der Waals surface area contributed by atoms with Gasteiger partial charge in [-0.15, -0.1) is 0 Å². The minimum Gasteiger partial charge on any atom is -0.446 e. The Hall–Kier alpha value is -4.28. The SMILES string of the molecule is Cc1coc([C@H]2CCCN2C(=O)c2cc(C(=O)NC(Cc3ccccc3)[C@H](O)[C@@H]3CCCN3)cc(-c3ncco3)c2)n1. The highest BCUT2D eigenvalue weighted by molar-refractivity contribution is 6.01. The molecule has 3 N–H and O–H groups in total. The maximum atomic E-state index is 13.9. The first-order valence-corrected chi connectivity index (χ1v) is 14.5. The predicted molar refractivity (Wildman–Crippen MR) is 155 cm³/mol. The lowest BCUT2D eigenvalue weighted by molar-refractivity contribution is 0.0715. The molecule has 10 nitrogen and oxygen atoms in total. The Kier molecular flexibility index (Phi) is 8.16. The van der Waals surface area contributed by atoms with Crippen LogP contribution in [-0.2, 0) is 6.42 Å². The van der Waals surface area contributed by atoms with E-state index < -0.39 is 18.1 Å². The lowest BCUT2D eigenvalue weighted by Gasteiger charge is -2.29. The van der Waals surface area contributed by atoms with Gasteiger partial charge in [-0.3, -0.25) is 9.59 Å². The second kappa shape index (κ2) is 12.3. The number of nitrogens with one attached hydrogen (secondary N) is 2. The van der Waals surface area contributed by atoms with Gasteiger partial charge in [-0.25, -0.2) is 9.97 Å². The quantitative estimate of drug-likeness (QED) is 0.275. The molecule has 4 heterocycles. The van der Waals surface area contributed by atoms with Crippen LogP contribution < -0.4 is 10.6 Å². The van der Waals surface area contributed by atoms with E-state index >= 15 is 0 Å². The van der Waals surface area contributed by atoms with Crippen LogP contribution in [0.5, 0.6) is 0 Å². The van der Waals surface area contributed by atoms with Crippen LogP contribution in [0.2, 0.25) is 0 Å². The molecule has 2 aromatic heterocycles. The Labute approximate surface area is 244 Å². The number of amides is 2. The van der Waals surface area contributed by atoms with Gasteiger partial charge in [0.2, 0.25) is 11.8 Å². The van der Waals surface area contributed by atoms with Crippen molar-refractivity contribution in [3.8, 4) is 11.5 Å². The van der Waals surface area contributed by atoms with Gasteiger partial charge in [0.15, 0.2) is 0 Å². The molecule has 0 bridgehead atoms. The minimum absolute atomic E-state index is 0.110. The van der Waals surface area contributed by atoms with Crippen molar-refractivity contribution in [2.24, 2.45) is 0 Å². The normalized spacial score (nSPS) is 20.0. The summed E-state index contributed by atoms with van der Waals surface area (Å²) in [4.78, 5) is 38.2. The monoisotopic (exact) mass is 569 g/mol. The van der Waals surface area contributed by atoms with Crippen LogP contribution in [-0.4, -0.2) is 63.1 Å². The molecule has 4 atom stereocenters. The van der Waals surface area contributed by atoms with Crippen molar-refractivity contribution < 1.29 is 23.5 Å². The van der Waals surface area contributed by atoms with E-state index in [0.29, 0.717) is 35.9 Å². The van der Waals surface area contributed by atoms with Crippen LogP contribution in [0.15, 0.2) is 76.1 Å². The van der Waals surface area contributed by atoms with Crippen LogP contribution in [0.25, 0.3) is 11.5 Å². The second-order valence-corrected chi connectivity index (χ2v) is 11.1. The van der Waals surface area contributed by atoms with Gasteiger partial charge in [0, 0.05) is 29.3 Å². The van der Waals surface area contributed by atoms with Gasteiger partial charge in [-0.2, -0.15) is 0 Å². The average Bonchev–Trinajstić information content (AvgIpc) is 3.84. The highest BCUT2D eigenvalue weighted by Crippen LogP contribution is 2.33. The van der Waals surface area contributed by atoms with Gasteiger partial charge in [0.05, 0.1) is 24.0 Å². The third-order valence-electron chi connectivity index (χ3n) is 8.09. The molecule has 2 fully saturated rings. The molecule has 0 aliphatic carbocycles. The zero-order chi connectivity index (χ0) is 29.1. The summed E-state index contributed by atoms with van der Waals surface area (Å²) in [5, 5.41) is 17.7. The molecular weight excluding hydrogens is 534 g/mol. The first-order chi connectivity index (χ1) is 20.5. The maximum Gasteiger partial charge on any atom is 0.254 e. The Bertz CT molecular complexity index is 1510. The molecule has 42 heavy (non-hydrogen) atoms. The highest BCUT2D eigenvalue weighted by Gasteiger charge is 2.35. The zero-order valence-electron chi connectivity index (χ0n) is 23.5. The first-order valence-electron chi connectivity index (χ1n) is 14.5. The summed E-state index contributed by atoms with van der Waals surface area (Å²) < 4.78 is 11.2. The summed E-state index contributed by atoms with van der Waals surface area (Å²) in [5.41, 5.74) is 2.89. The Balaban J connectivity index is 1.30. The van der Waals surface area contributed by atoms with Crippen LogP contribution >= 0.6 is 0 Å². The van der Waals surface area contributed by atoms with Crippen LogP contribution in [0.1, 0.15) is 69.6 Å². The topological polar surface area (TPSA) is 134 Å². The third kappa shape index (κ3) is 6.00. The van der Waals surface area contributed by atoms with Gasteiger partial charge in [-0.05, 0) is 69.3 Å². The van der Waals surface area contributed by atoms with E-state index in [9.17, 15) is 14.7 Å². The summed E-state index contributed by atoms with van der Waals surface area (Å²) in [5.74, 6) is 0.193. The number of benzene rings is 2. The van der Waals surface area contributed by atoms with Crippen LogP contribution in [0, 0.1) is 6.92 Å². The number of carbonyl (C=O) groups excluding carboxylic acids is 2. The molecular formula is C32H35N5O5. The van der Waals surface area contributed by atoms with Gasteiger partial charge in [0.1, 0.15) is 18.6 Å². The molecule has 2 aliphatic heterocycles. The van der Waals surface area contributed by atoms with Crippen molar-refractivity contribution in [1.82, 2.24) is 25.5 Å². The molecule has 10 heteroatoms. The van der Waals surface area contributed by atoms with Crippen molar-refractivity contribution in [2.75, 3.05) is 13.1 Å². The van der Waals surface area contributed by atoms with Gasteiger partial charge >= 0.3 is 0 Å². The van der Waals surface area contributed by atoms with E-state index in [1.807, 2.05) is 37.3 Å². The number of hydrogen-bond donors (Lipinski definition) is 3. The summed E-state index contributed by atoms with van der Waals surface area (Å²) in [7, 11) is 0. The number of carbonyl (C=O) groups is 2. The standard InChI is InChI=1S/C32H35N5O5/c1-20-19-42-31(35-20)27-10-6-13-37(27)32(40)24-17-22(16-23(18-24)30-34-12-14-41-30)29(39)36-26(15-21-7-3-2-4-8-21)28(38)25-9-5-11-33-25/h2-4,7-8,12,14,16-19,25-28,33,38H,5-6,9-11,13,15H2,1H3,(H,36,39)/t25-,26?,27+,28+/m0/s1. The fraction of sp³-hybridized carbons (Fsp3) is 0.375. The van der Waals surface area contributed by atoms with Crippen molar-refractivity contribution in [3.05, 3.63) is 95.5 Å². The molecule has 0 radical (unpaired) electrons. The Morgan fingerprint density at radius 3 is 2.67 bits per heavy atom. The largest absolute Gasteiger partial charge is 0.446 e. The number of rotatable bonds is 9. The number of hydrogen-bond acceptors (Lipinski definition) is 8. The Morgan fingerprint density at radius 2 is 1.95 bits per heavy atom. The minimum atomic E-state index is -0.790. The number of aromatic nitrogens is 2. The van der Waals surface area contributed by atoms with E-state index in [1.54, 1.807) is 29.4 Å². The summed E-state index contributed by atoms with van der Waals surface area (Å²) in [6.45, 7) is 3.24. The first kappa shape index (κ1) is 27.9. The third-order valence-corrected chi connectivity index (χ3v) is 8.09. The van der Waals surface area contributed by atoms with Crippen LogP contribution in [0.4, 0.5) is 0 Å². The van der Waals surface area contributed by atoms with E-state index in [0.717, 1.165) is 43.5 Å². The van der Waals surface area contributed by atoms with E-state index in [-0.39, 0.29) is 23.6 Å². The zero-order valence-corrected chi connectivity index (χ0v) is 23.5. The molecule has 0 spiro atoms. The molecule has 1 unspecified atom stereocenters. The molecule has 4 aromatic rings. The molecule has 6 rings (SSSR count). The number of likely N-dealkylation sites (tertiary alicyclic amines) is 1. The second-order valence-electron chi connectivity index (χ2n) is 11.1. The smallest absolute Gasteiger partial charge is 0.254 e. The van der Waals surface area contributed by atoms with Crippen molar-refractivity contribution in [1.29, 1.82) is 0 Å². The molecule has 0 saturated carbocycles. The van der Waals surface area contributed by atoms with E-state index in [4.69, 9.17) is 8.83 Å². The number of aliphatic hydroxyl groups is 1. The number of aliphatic hydroxyl groups excluding tert-OH is 1. The van der Waals surface area contributed by atoms with Crippen molar-refractivity contribution in [3.63, 3.8) is 0 Å². The molecule has 2 amide bonds.